The van der Waals surface area contributed by atoms with Crippen LogP contribution in [0.2, 0.25) is 0 Å². The van der Waals surface area contributed by atoms with E-state index in [0.29, 0.717) is 16.8 Å². The van der Waals surface area contributed by atoms with Crippen LogP contribution in [0, 0.1) is 19.7 Å². The molecule has 0 aromatic heterocycles. The highest BCUT2D eigenvalue weighted by Gasteiger charge is 2.39. The molecule has 0 atom stereocenters. The molecule has 0 bridgehead atoms. The van der Waals surface area contributed by atoms with Crippen molar-refractivity contribution in [3.8, 4) is 0 Å². The first kappa shape index (κ1) is 19.6. The number of hydrogen-bond donors (Lipinski definition) is 1. The number of amides is 2. The van der Waals surface area contributed by atoms with Gasteiger partial charge in [0.05, 0.1) is 12.1 Å². The van der Waals surface area contributed by atoms with E-state index < -0.39 is 17.6 Å². The minimum Gasteiger partial charge on any atom is -0.350 e. The van der Waals surface area contributed by atoms with Crippen LogP contribution in [0.5, 0.6) is 0 Å². The van der Waals surface area contributed by atoms with E-state index in [2.05, 4.69) is 5.32 Å². The van der Waals surface area contributed by atoms with Gasteiger partial charge in [0.25, 0.3) is 11.8 Å². The lowest BCUT2D eigenvalue weighted by atomic mass is 10.0. The molecular weight excluding hydrogens is 379 g/mol. The Labute approximate surface area is 174 Å². The largest absolute Gasteiger partial charge is 0.350 e. The lowest BCUT2D eigenvalue weighted by molar-refractivity contribution is -0.137. The molecule has 0 aliphatic carbocycles. The average Bonchev–Trinajstić information content (AvgIpc) is 2.95. The molecule has 1 N–H and O–H groups in total. The van der Waals surface area contributed by atoms with Crippen LogP contribution >= 0.6 is 0 Å². The molecule has 0 saturated carbocycles. The Morgan fingerprint density at radius 3 is 2.27 bits per heavy atom. The fourth-order valence-corrected chi connectivity index (χ4v) is 3.49. The highest BCUT2D eigenvalue weighted by Crippen LogP contribution is 2.32. The molecule has 1 aliphatic heterocycles. The van der Waals surface area contributed by atoms with Gasteiger partial charge >= 0.3 is 0 Å². The zero-order valence-corrected chi connectivity index (χ0v) is 16.8. The van der Waals surface area contributed by atoms with E-state index >= 15 is 0 Å². The first-order valence-electron chi connectivity index (χ1n) is 9.68. The predicted molar refractivity (Wildman–Crippen MR) is 115 cm³/mol. The zero-order valence-electron chi connectivity index (χ0n) is 16.8. The molecule has 5 heteroatoms. The van der Waals surface area contributed by atoms with Crippen LogP contribution in [0.4, 0.5) is 10.1 Å². The molecule has 1 aliphatic rings. The molecule has 4 nitrogen and oxygen atoms in total. The number of aryl methyl sites for hydroxylation is 2. The quantitative estimate of drug-likeness (QED) is 0.624. The van der Waals surface area contributed by atoms with Crippen LogP contribution in [-0.2, 0) is 16.1 Å². The number of nitrogens with one attached hydrogen (secondary N) is 1. The van der Waals surface area contributed by atoms with Crippen molar-refractivity contribution in [3.05, 3.63) is 107 Å². The SMILES string of the molecule is Cc1ccc(C2=C(Nc3cccc(C)c3)C(=O)N(Cc3ccccc3F)C2=O)cc1. The van der Waals surface area contributed by atoms with E-state index in [-0.39, 0.29) is 17.8 Å². The standard InChI is InChI=1S/C25H21FN2O2/c1-16-10-12-18(13-11-16)22-23(27-20-8-5-6-17(2)14-20)25(30)28(24(22)29)15-19-7-3-4-9-21(19)26/h3-14,27H,15H2,1-2H3. The molecule has 4 rings (SSSR count). The van der Waals surface area contributed by atoms with Crippen molar-refractivity contribution < 1.29 is 14.0 Å². The molecule has 3 aromatic carbocycles. The Morgan fingerprint density at radius 1 is 0.833 bits per heavy atom. The Bertz CT molecular complexity index is 1170. The average molecular weight is 400 g/mol. The molecule has 0 fully saturated rings. The molecule has 0 spiro atoms. The Hall–Kier alpha value is -3.73. The maximum Gasteiger partial charge on any atom is 0.278 e. The van der Waals surface area contributed by atoms with Crippen molar-refractivity contribution in [1.82, 2.24) is 4.90 Å². The van der Waals surface area contributed by atoms with Crippen LogP contribution in [0.15, 0.2) is 78.5 Å². The summed E-state index contributed by atoms with van der Waals surface area (Å²) in [5.74, 6) is -1.36. The monoisotopic (exact) mass is 400 g/mol. The number of carbonyl (C=O) groups excluding carboxylic acids is 2. The van der Waals surface area contributed by atoms with Gasteiger partial charge < -0.3 is 5.32 Å². The number of halogens is 1. The molecule has 30 heavy (non-hydrogen) atoms. The highest BCUT2D eigenvalue weighted by molar-refractivity contribution is 6.36. The number of carbonyl (C=O) groups is 2. The Kier molecular flexibility index (Phi) is 5.19. The fraction of sp³-hybridized carbons (Fsp3) is 0.120. The third-order valence-corrected chi connectivity index (χ3v) is 5.08. The molecule has 1 heterocycles. The van der Waals surface area contributed by atoms with Crippen molar-refractivity contribution in [2.45, 2.75) is 20.4 Å². The summed E-state index contributed by atoms with van der Waals surface area (Å²) in [6, 6.07) is 21.1. The predicted octanol–water partition coefficient (Wildman–Crippen LogP) is 4.83. The van der Waals surface area contributed by atoms with Gasteiger partial charge in [-0.1, -0.05) is 60.2 Å². The second-order valence-corrected chi connectivity index (χ2v) is 7.40. The van der Waals surface area contributed by atoms with Crippen molar-refractivity contribution in [2.75, 3.05) is 5.32 Å². The summed E-state index contributed by atoms with van der Waals surface area (Å²) >= 11 is 0. The van der Waals surface area contributed by atoms with Crippen LogP contribution in [0.1, 0.15) is 22.3 Å². The second-order valence-electron chi connectivity index (χ2n) is 7.40. The first-order valence-corrected chi connectivity index (χ1v) is 9.68. The lowest BCUT2D eigenvalue weighted by Gasteiger charge is -2.16. The van der Waals surface area contributed by atoms with E-state index in [9.17, 15) is 14.0 Å². The van der Waals surface area contributed by atoms with Gasteiger partial charge in [-0.15, -0.1) is 0 Å². The molecule has 150 valence electrons. The van der Waals surface area contributed by atoms with Gasteiger partial charge in [0.1, 0.15) is 11.5 Å². The number of benzene rings is 3. The van der Waals surface area contributed by atoms with E-state index in [1.165, 1.54) is 6.07 Å². The summed E-state index contributed by atoms with van der Waals surface area (Å²) in [4.78, 5) is 27.6. The normalized spacial score (nSPS) is 13.9. The lowest BCUT2D eigenvalue weighted by Crippen LogP contribution is -2.32. The van der Waals surface area contributed by atoms with Gasteiger partial charge in [-0.3, -0.25) is 14.5 Å². The summed E-state index contributed by atoms with van der Waals surface area (Å²) in [6.45, 7) is 3.78. The summed E-state index contributed by atoms with van der Waals surface area (Å²) in [7, 11) is 0. The number of anilines is 1. The van der Waals surface area contributed by atoms with Crippen molar-refractivity contribution in [2.24, 2.45) is 0 Å². The number of hydrogen-bond acceptors (Lipinski definition) is 3. The summed E-state index contributed by atoms with van der Waals surface area (Å²) in [5.41, 5.74) is 4.21. The molecule has 3 aromatic rings. The van der Waals surface area contributed by atoms with Crippen LogP contribution < -0.4 is 5.32 Å². The minimum atomic E-state index is -0.472. The summed E-state index contributed by atoms with van der Waals surface area (Å²) in [5, 5.41) is 3.13. The van der Waals surface area contributed by atoms with Gasteiger partial charge in [0.2, 0.25) is 0 Å². The summed E-state index contributed by atoms with van der Waals surface area (Å²) in [6.07, 6.45) is 0. The minimum absolute atomic E-state index is 0.126. The molecular formula is C25H21FN2O2. The molecule has 0 saturated heterocycles. The fourth-order valence-electron chi connectivity index (χ4n) is 3.49. The van der Waals surface area contributed by atoms with Crippen molar-refractivity contribution in [1.29, 1.82) is 0 Å². The highest BCUT2D eigenvalue weighted by atomic mass is 19.1. The van der Waals surface area contributed by atoms with Crippen LogP contribution in [0.25, 0.3) is 5.57 Å². The third kappa shape index (κ3) is 3.74. The van der Waals surface area contributed by atoms with Gasteiger partial charge in [-0.25, -0.2) is 4.39 Å². The molecule has 2 amide bonds. The van der Waals surface area contributed by atoms with E-state index in [1.807, 2.05) is 62.4 Å². The van der Waals surface area contributed by atoms with Gasteiger partial charge in [-0.2, -0.15) is 0 Å². The van der Waals surface area contributed by atoms with E-state index in [1.54, 1.807) is 18.2 Å². The van der Waals surface area contributed by atoms with Crippen molar-refractivity contribution in [3.63, 3.8) is 0 Å². The zero-order chi connectivity index (χ0) is 21.3. The number of imide groups is 1. The first-order chi connectivity index (χ1) is 14.4. The van der Waals surface area contributed by atoms with E-state index in [0.717, 1.165) is 16.0 Å². The van der Waals surface area contributed by atoms with Crippen molar-refractivity contribution >= 4 is 23.1 Å². The van der Waals surface area contributed by atoms with Crippen LogP contribution in [0.3, 0.4) is 0 Å². The van der Waals surface area contributed by atoms with E-state index in [4.69, 9.17) is 0 Å². The number of rotatable bonds is 5. The molecule has 0 radical (unpaired) electrons. The Morgan fingerprint density at radius 2 is 1.57 bits per heavy atom. The molecule has 0 unspecified atom stereocenters. The van der Waals surface area contributed by atoms with Crippen LogP contribution in [-0.4, -0.2) is 16.7 Å². The van der Waals surface area contributed by atoms with Gasteiger partial charge in [-0.05, 0) is 43.2 Å². The topological polar surface area (TPSA) is 49.4 Å². The number of nitrogens with zero attached hydrogens (tertiary/aromatic N) is 1. The maximum absolute atomic E-state index is 14.2. The summed E-state index contributed by atoms with van der Waals surface area (Å²) < 4.78 is 14.2. The third-order valence-electron chi connectivity index (χ3n) is 5.08. The van der Waals surface area contributed by atoms with Gasteiger partial charge in [0.15, 0.2) is 0 Å². The Balaban J connectivity index is 1.76. The second kappa shape index (κ2) is 7.95. The smallest absolute Gasteiger partial charge is 0.278 e. The maximum atomic E-state index is 14.2. The van der Waals surface area contributed by atoms with Gasteiger partial charge in [0, 0.05) is 11.3 Å².